The summed E-state index contributed by atoms with van der Waals surface area (Å²) in [4.78, 5) is 17.9. The smallest absolute Gasteiger partial charge is 0.289 e. The van der Waals surface area contributed by atoms with Crippen molar-refractivity contribution in [2.24, 2.45) is 21.9 Å². The molecular formula is C18H26ClN3O2. The Kier molecular flexibility index (Phi) is 3.87. The summed E-state index contributed by atoms with van der Waals surface area (Å²) >= 11 is 6.19. The third kappa shape index (κ3) is 2.40. The number of fused-ring (bicyclic) bond motifs is 2. The fraction of sp³-hybridized carbons (Fsp3) is 0.722. The highest BCUT2D eigenvalue weighted by Crippen LogP contribution is 2.64. The highest BCUT2D eigenvalue weighted by molar-refractivity contribution is 6.31. The van der Waals surface area contributed by atoms with Crippen LogP contribution in [0.3, 0.4) is 0 Å². The van der Waals surface area contributed by atoms with Crippen molar-refractivity contribution in [1.82, 2.24) is 9.78 Å². The van der Waals surface area contributed by atoms with Crippen LogP contribution in [-0.2, 0) is 5.54 Å². The van der Waals surface area contributed by atoms with Gasteiger partial charge in [0.25, 0.3) is 5.56 Å². The molecule has 2 atom stereocenters. The third-order valence-electron chi connectivity index (χ3n) is 6.29. The molecule has 2 bridgehead atoms. The van der Waals surface area contributed by atoms with E-state index in [-0.39, 0.29) is 27.2 Å². The van der Waals surface area contributed by atoms with E-state index >= 15 is 0 Å². The molecule has 132 valence electrons. The Morgan fingerprint density at radius 1 is 1.38 bits per heavy atom. The van der Waals surface area contributed by atoms with Crippen LogP contribution in [0.4, 0.5) is 0 Å². The SMILES string of the molecule is CC(C)(C)n1ncc(ON=C2C[C@H]3CC[C@@]2(C)C3(C)C)c(Cl)c1=O. The molecule has 0 amide bonds. The molecule has 2 fully saturated rings. The summed E-state index contributed by atoms with van der Waals surface area (Å²) in [5.41, 5.74) is 0.555. The van der Waals surface area contributed by atoms with Crippen LogP contribution in [0.5, 0.6) is 5.75 Å². The van der Waals surface area contributed by atoms with Crippen LogP contribution in [0.15, 0.2) is 16.1 Å². The molecule has 6 heteroatoms. The van der Waals surface area contributed by atoms with E-state index in [1.54, 1.807) is 0 Å². The van der Waals surface area contributed by atoms with E-state index < -0.39 is 5.54 Å². The molecule has 1 aromatic heterocycles. The highest BCUT2D eigenvalue weighted by Gasteiger charge is 2.60. The molecule has 2 saturated carbocycles. The van der Waals surface area contributed by atoms with E-state index in [1.807, 2.05) is 20.8 Å². The molecule has 0 unspecified atom stereocenters. The number of aromatic nitrogens is 2. The Balaban J connectivity index is 1.89. The maximum absolute atomic E-state index is 12.4. The zero-order valence-electron chi connectivity index (χ0n) is 15.3. The van der Waals surface area contributed by atoms with E-state index in [4.69, 9.17) is 16.4 Å². The Morgan fingerprint density at radius 2 is 2.04 bits per heavy atom. The number of hydrogen-bond acceptors (Lipinski definition) is 4. The van der Waals surface area contributed by atoms with Crippen molar-refractivity contribution in [3.05, 3.63) is 21.6 Å². The quantitative estimate of drug-likeness (QED) is 0.749. The van der Waals surface area contributed by atoms with Gasteiger partial charge in [-0.05, 0) is 51.4 Å². The molecule has 0 radical (unpaired) electrons. The second-order valence-electron chi connectivity index (χ2n) is 8.83. The van der Waals surface area contributed by atoms with E-state index in [0.29, 0.717) is 5.92 Å². The number of rotatable bonds is 2. The number of hydrogen-bond donors (Lipinski definition) is 0. The predicted octanol–water partition coefficient (Wildman–Crippen LogP) is 4.23. The summed E-state index contributed by atoms with van der Waals surface area (Å²) in [6.45, 7) is 12.6. The molecule has 2 aliphatic rings. The molecule has 2 aliphatic carbocycles. The first-order valence-electron chi connectivity index (χ1n) is 8.51. The van der Waals surface area contributed by atoms with Crippen molar-refractivity contribution >= 4 is 17.3 Å². The van der Waals surface area contributed by atoms with Gasteiger partial charge in [-0.2, -0.15) is 5.10 Å². The van der Waals surface area contributed by atoms with E-state index in [2.05, 4.69) is 31.0 Å². The van der Waals surface area contributed by atoms with Gasteiger partial charge >= 0.3 is 0 Å². The maximum Gasteiger partial charge on any atom is 0.289 e. The lowest BCUT2D eigenvalue weighted by Gasteiger charge is -2.34. The van der Waals surface area contributed by atoms with Gasteiger partial charge in [-0.15, -0.1) is 0 Å². The van der Waals surface area contributed by atoms with Gasteiger partial charge in [0, 0.05) is 5.41 Å². The van der Waals surface area contributed by atoms with Crippen molar-refractivity contribution < 1.29 is 4.84 Å². The lowest BCUT2D eigenvalue weighted by Crippen LogP contribution is -2.36. The van der Waals surface area contributed by atoms with Gasteiger partial charge in [0.2, 0.25) is 5.75 Å². The molecular weight excluding hydrogens is 326 g/mol. The second-order valence-corrected chi connectivity index (χ2v) is 9.21. The van der Waals surface area contributed by atoms with Crippen molar-refractivity contribution in [2.75, 3.05) is 0 Å². The maximum atomic E-state index is 12.4. The summed E-state index contributed by atoms with van der Waals surface area (Å²) < 4.78 is 1.36. The van der Waals surface area contributed by atoms with E-state index in [0.717, 1.165) is 18.6 Å². The molecule has 3 rings (SSSR count). The number of oxime groups is 1. The minimum Gasteiger partial charge on any atom is -0.354 e. The zero-order chi connectivity index (χ0) is 17.9. The summed E-state index contributed by atoms with van der Waals surface area (Å²) in [5, 5.41) is 8.58. The van der Waals surface area contributed by atoms with Crippen molar-refractivity contribution in [3.8, 4) is 5.75 Å². The normalized spacial score (nSPS) is 30.1. The number of nitrogens with zero attached hydrogens (tertiary/aromatic N) is 3. The lowest BCUT2D eigenvalue weighted by atomic mass is 9.70. The van der Waals surface area contributed by atoms with E-state index in [9.17, 15) is 4.79 Å². The summed E-state index contributed by atoms with van der Waals surface area (Å²) in [6.07, 6.45) is 4.80. The van der Waals surface area contributed by atoms with Crippen LogP contribution >= 0.6 is 11.6 Å². The molecule has 1 aromatic rings. The topological polar surface area (TPSA) is 56.5 Å². The Morgan fingerprint density at radius 3 is 2.54 bits per heavy atom. The van der Waals surface area contributed by atoms with Crippen LogP contribution in [0.25, 0.3) is 0 Å². The van der Waals surface area contributed by atoms with Gasteiger partial charge in [-0.1, -0.05) is 37.5 Å². The minimum absolute atomic E-state index is 0.0249. The summed E-state index contributed by atoms with van der Waals surface area (Å²) in [6, 6.07) is 0. The first-order chi connectivity index (χ1) is 11.0. The first kappa shape index (κ1) is 17.5. The third-order valence-corrected chi connectivity index (χ3v) is 6.64. The molecule has 0 spiro atoms. The van der Waals surface area contributed by atoms with Crippen LogP contribution in [0.2, 0.25) is 5.02 Å². The highest BCUT2D eigenvalue weighted by atomic mass is 35.5. The predicted molar refractivity (Wildman–Crippen MR) is 95.8 cm³/mol. The standard InChI is InChI=1S/C18H26ClN3O2/c1-16(2,3)22-15(23)14(19)12(10-20-22)24-21-13-9-11-7-8-18(13,6)17(11,4)5/h10-11H,7-9H2,1-6H3/t11-,18-/m1/s1. The van der Waals surface area contributed by atoms with Crippen LogP contribution in [0, 0.1) is 16.7 Å². The Hall–Kier alpha value is -1.36. The van der Waals surface area contributed by atoms with Gasteiger partial charge in [0.05, 0.1) is 17.4 Å². The summed E-state index contributed by atoms with van der Waals surface area (Å²) in [7, 11) is 0. The monoisotopic (exact) mass is 351 g/mol. The van der Waals surface area contributed by atoms with Gasteiger partial charge in [0.1, 0.15) is 0 Å². The van der Waals surface area contributed by atoms with Crippen LogP contribution in [0.1, 0.15) is 60.8 Å². The second kappa shape index (κ2) is 5.32. The molecule has 5 nitrogen and oxygen atoms in total. The summed E-state index contributed by atoms with van der Waals surface area (Å²) in [5.74, 6) is 0.867. The molecule has 0 aromatic carbocycles. The Labute approximate surface area is 148 Å². The average Bonchev–Trinajstić information content (AvgIpc) is 2.80. The molecule has 0 N–H and O–H groups in total. The van der Waals surface area contributed by atoms with Crippen molar-refractivity contribution in [2.45, 2.75) is 66.3 Å². The first-order valence-corrected chi connectivity index (χ1v) is 8.89. The average molecular weight is 352 g/mol. The molecule has 0 aliphatic heterocycles. The molecule has 24 heavy (non-hydrogen) atoms. The minimum atomic E-state index is -0.437. The number of halogens is 1. The Bertz CT molecular complexity index is 761. The van der Waals surface area contributed by atoms with Gasteiger partial charge in [-0.25, -0.2) is 4.68 Å². The van der Waals surface area contributed by atoms with Crippen molar-refractivity contribution in [3.63, 3.8) is 0 Å². The fourth-order valence-corrected chi connectivity index (χ4v) is 4.29. The van der Waals surface area contributed by atoms with Gasteiger partial charge in [0.15, 0.2) is 5.02 Å². The van der Waals surface area contributed by atoms with Crippen LogP contribution < -0.4 is 10.4 Å². The van der Waals surface area contributed by atoms with Gasteiger partial charge in [-0.3, -0.25) is 4.79 Å². The van der Waals surface area contributed by atoms with Gasteiger partial charge < -0.3 is 4.84 Å². The van der Waals surface area contributed by atoms with Crippen LogP contribution in [-0.4, -0.2) is 15.5 Å². The largest absolute Gasteiger partial charge is 0.354 e. The molecule has 0 saturated heterocycles. The fourth-order valence-electron chi connectivity index (χ4n) is 4.13. The van der Waals surface area contributed by atoms with Crippen molar-refractivity contribution in [1.29, 1.82) is 0 Å². The molecule has 1 heterocycles. The lowest BCUT2D eigenvalue weighted by molar-refractivity contribution is 0.191. The van der Waals surface area contributed by atoms with E-state index in [1.165, 1.54) is 17.3 Å². The zero-order valence-corrected chi connectivity index (χ0v) is 16.1.